The van der Waals surface area contributed by atoms with Crippen LogP contribution in [-0.2, 0) is 17.8 Å². The van der Waals surface area contributed by atoms with Crippen molar-refractivity contribution in [3.05, 3.63) is 28.3 Å². The molecule has 0 bridgehead atoms. The molecule has 1 atom stereocenters. The summed E-state index contributed by atoms with van der Waals surface area (Å²) in [5.41, 5.74) is 2.30. The van der Waals surface area contributed by atoms with Gasteiger partial charge in [0.2, 0.25) is 0 Å². The van der Waals surface area contributed by atoms with Gasteiger partial charge in [0.1, 0.15) is 5.75 Å². The van der Waals surface area contributed by atoms with Gasteiger partial charge in [-0.1, -0.05) is 18.5 Å². The van der Waals surface area contributed by atoms with Gasteiger partial charge in [-0.25, -0.2) is 0 Å². The van der Waals surface area contributed by atoms with Crippen molar-refractivity contribution < 1.29 is 14.6 Å². The van der Waals surface area contributed by atoms with Gasteiger partial charge >= 0.3 is 5.97 Å². The number of carbonyl (C=O) groups is 1. The van der Waals surface area contributed by atoms with E-state index in [0.717, 1.165) is 49.0 Å². The molecule has 0 amide bonds. The fraction of sp³-hybridized carbons (Fsp3) is 0.533. The fourth-order valence-corrected chi connectivity index (χ4v) is 3.22. The SMILES string of the molecule is CC(C(=O)O)C1CN(Cc2cc(Cl)cc3c2OCC3)C1. The summed E-state index contributed by atoms with van der Waals surface area (Å²) < 4.78 is 5.69. The summed E-state index contributed by atoms with van der Waals surface area (Å²) in [6, 6.07) is 3.93. The topological polar surface area (TPSA) is 49.8 Å². The van der Waals surface area contributed by atoms with Crippen LogP contribution in [0.2, 0.25) is 5.02 Å². The van der Waals surface area contributed by atoms with Crippen molar-refractivity contribution in [1.29, 1.82) is 0 Å². The van der Waals surface area contributed by atoms with Crippen LogP contribution >= 0.6 is 11.6 Å². The number of fused-ring (bicyclic) bond motifs is 1. The van der Waals surface area contributed by atoms with Crippen LogP contribution in [-0.4, -0.2) is 35.7 Å². The number of carboxylic acid groups (broad SMARTS) is 1. The van der Waals surface area contributed by atoms with Gasteiger partial charge in [0.25, 0.3) is 0 Å². The molecule has 2 heterocycles. The van der Waals surface area contributed by atoms with E-state index in [9.17, 15) is 4.79 Å². The Morgan fingerprint density at radius 2 is 2.30 bits per heavy atom. The number of carboxylic acids is 1. The highest BCUT2D eigenvalue weighted by Crippen LogP contribution is 2.35. The number of hydrogen-bond donors (Lipinski definition) is 1. The van der Waals surface area contributed by atoms with Gasteiger partial charge in [0.05, 0.1) is 12.5 Å². The summed E-state index contributed by atoms with van der Waals surface area (Å²) >= 11 is 6.14. The van der Waals surface area contributed by atoms with E-state index in [1.165, 1.54) is 5.56 Å². The first kappa shape index (κ1) is 13.7. The van der Waals surface area contributed by atoms with Crippen LogP contribution in [0.3, 0.4) is 0 Å². The molecule has 1 aromatic rings. The van der Waals surface area contributed by atoms with E-state index in [0.29, 0.717) is 0 Å². The number of hydrogen-bond acceptors (Lipinski definition) is 3. The van der Waals surface area contributed by atoms with Gasteiger partial charge < -0.3 is 9.84 Å². The number of halogens is 1. The average molecular weight is 296 g/mol. The van der Waals surface area contributed by atoms with Crippen molar-refractivity contribution in [3.63, 3.8) is 0 Å². The summed E-state index contributed by atoms with van der Waals surface area (Å²) in [5, 5.41) is 9.75. The third-order valence-corrected chi connectivity index (χ3v) is 4.52. The molecule has 20 heavy (non-hydrogen) atoms. The smallest absolute Gasteiger partial charge is 0.306 e. The zero-order chi connectivity index (χ0) is 14.3. The third kappa shape index (κ3) is 2.50. The zero-order valence-electron chi connectivity index (χ0n) is 11.4. The molecule has 3 rings (SSSR count). The Morgan fingerprint density at radius 1 is 1.55 bits per heavy atom. The van der Waals surface area contributed by atoms with Crippen LogP contribution in [0.1, 0.15) is 18.1 Å². The van der Waals surface area contributed by atoms with Crippen molar-refractivity contribution in [2.45, 2.75) is 19.9 Å². The second-order valence-electron chi connectivity index (χ2n) is 5.73. The van der Waals surface area contributed by atoms with Crippen molar-refractivity contribution in [3.8, 4) is 5.75 Å². The summed E-state index contributed by atoms with van der Waals surface area (Å²) in [5.74, 6) is 0.249. The maximum Gasteiger partial charge on any atom is 0.306 e. The second kappa shape index (κ2) is 5.26. The van der Waals surface area contributed by atoms with E-state index in [2.05, 4.69) is 4.90 Å². The predicted octanol–water partition coefficient (Wildman–Crippen LogP) is 2.43. The molecular formula is C15H18ClNO3. The molecule has 2 aliphatic heterocycles. The van der Waals surface area contributed by atoms with E-state index in [1.807, 2.05) is 12.1 Å². The van der Waals surface area contributed by atoms with Gasteiger partial charge in [-0.2, -0.15) is 0 Å². The Labute approximate surface area is 123 Å². The van der Waals surface area contributed by atoms with Gasteiger partial charge in [-0.05, 0) is 23.6 Å². The maximum absolute atomic E-state index is 10.9. The van der Waals surface area contributed by atoms with Crippen molar-refractivity contribution in [2.24, 2.45) is 11.8 Å². The lowest BCUT2D eigenvalue weighted by atomic mass is 9.87. The molecule has 1 aromatic carbocycles. The Morgan fingerprint density at radius 3 is 3.00 bits per heavy atom. The zero-order valence-corrected chi connectivity index (χ0v) is 12.2. The number of ether oxygens (including phenoxy) is 1. The van der Waals surface area contributed by atoms with Crippen molar-refractivity contribution in [2.75, 3.05) is 19.7 Å². The minimum atomic E-state index is -0.707. The number of nitrogens with zero attached hydrogens (tertiary/aromatic N) is 1. The van der Waals surface area contributed by atoms with Crippen LogP contribution in [0, 0.1) is 11.8 Å². The third-order valence-electron chi connectivity index (χ3n) is 4.30. The summed E-state index contributed by atoms with van der Waals surface area (Å²) in [6.07, 6.45) is 0.918. The Kier molecular flexibility index (Phi) is 3.61. The maximum atomic E-state index is 10.9. The molecule has 4 nitrogen and oxygen atoms in total. The lowest BCUT2D eigenvalue weighted by Crippen LogP contribution is -2.50. The monoisotopic (exact) mass is 295 g/mol. The van der Waals surface area contributed by atoms with Crippen LogP contribution in [0.5, 0.6) is 5.75 Å². The molecule has 1 fully saturated rings. The lowest BCUT2D eigenvalue weighted by molar-refractivity contribution is -0.145. The highest BCUT2D eigenvalue weighted by Gasteiger charge is 2.35. The molecule has 1 unspecified atom stereocenters. The first-order valence-corrected chi connectivity index (χ1v) is 7.31. The summed E-state index contributed by atoms with van der Waals surface area (Å²) in [7, 11) is 0. The summed E-state index contributed by atoms with van der Waals surface area (Å²) in [4.78, 5) is 13.2. The van der Waals surface area contributed by atoms with E-state index in [-0.39, 0.29) is 11.8 Å². The molecule has 0 spiro atoms. The van der Waals surface area contributed by atoms with Crippen molar-refractivity contribution in [1.82, 2.24) is 4.90 Å². The average Bonchev–Trinajstić information content (AvgIpc) is 2.79. The van der Waals surface area contributed by atoms with Gasteiger partial charge in [0.15, 0.2) is 0 Å². The van der Waals surface area contributed by atoms with Crippen molar-refractivity contribution >= 4 is 17.6 Å². The molecule has 0 saturated carbocycles. The minimum Gasteiger partial charge on any atom is -0.493 e. The van der Waals surface area contributed by atoms with Gasteiger partial charge in [0, 0.05) is 36.6 Å². The Balaban J connectivity index is 1.65. The van der Waals surface area contributed by atoms with Crippen LogP contribution < -0.4 is 4.74 Å². The molecule has 5 heteroatoms. The largest absolute Gasteiger partial charge is 0.493 e. The van der Waals surface area contributed by atoms with E-state index in [4.69, 9.17) is 21.4 Å². The number of likely N-dealkylation sites (tertiary alicyclic amines) is 1. The lowest BCUT2D eigenvalue weighted by Gasteiger charge is -2.41. The number of rotatable bonds is 4. The number of benzene rings is 1. The second-order valence-corrected chi connectivity index (χ2v) is 6.17. The van der Waals surface area contributed by atoms with E-state index >= 15 is 0 Å². The standard InChI is InChI=1S/C15H18ClNO3/c1-9(15(18)19)12-7-17(8-12)6-11-5-13(16)4-10-2-3-20-14(10)11/h4-5,9,12H,2-3,6-8H2,1H3,(H,18,19). The highest BCUT2D eigenvalue weighted by atomic mass is 35.5. The molecule has 0 aromatic heterocycles. The molecule has 2 aliphatic rings. The first-order valence-electron chi connectivity index (χ1n) is 6.94. The minimum absolute atomic E-state index is 0.251. The molecule has 0 radical (unpaired) electrons. The van der Waals surface area contributed by atoms with Crippen LogP contribution in [0.15, 0.2) is 12.1 Å². The molecule has 108 valence electrons. The molecule has 1 N–H and O–H groups in total. The Bertz CT molecular complexity index is 540. The van der Waals surface area contributed by atoms with E-state index < -0.39 is 5.97 Å². The normalized spacial score (nSPS) is 20.1. The quantitative estimate of drug-likeness (QED) is 0.927. The molecular weight excluding hydrogens is 278 g/mol. The Hall–Kier alpha value is -1.26. The van der Waals surface area contributed by atoms with Crippen LogP contribution in [0.25, 0.3) is 0 Å². The van der Waals surface area contributed by atoms with Gasteiger partial charge in [-0.3, -0.25) is 9.69 Å². The van der Waals surface area contributed by atoms with E-state index in [1.54, 1.807) is 6.92 Å². The highest BCUT2D eigenvalue weighted by molar-refractivity contribution is 6.30. The first-order chi connectivity index (χ1) is 9.54. The fourth-order valence-electron chi connectivity index (χ4n) is 2.96. The number of aliphatic carboxylic acids is 1. The predicted molar refractivity (Wildman–Crippen MR) is 76.2 cm³/mol. The molecule has 1 saturated heterocycles. The molecule has 0 aliphatic carbocycles. The van der Waals surface area contributed by atoms with Gasteiger partial charge in [-0.15, -0.1) is 0 Å². The van der Waals surface area contributed by atoms with Crippen LogP contribution in [0.4, 0.5) is 0 Å². The summed E-state index contributed by atoms with van der Waals surface area (Å²) in [6.45, 7) is 4.95.